The van der Waals surface area contributed by atoms with Gasteiger partial charge in [-0.15, -0.1) is 22.7 Å². The number of benzene rings is 1. The van der Waals surface area contributed by atoms with Gasteiger partial charge in [0.05, 0.1) is 16.8 Å². The van der Waals surface area contributed by atoms with Crippen molar-refractivity contribution in [3.05, 3.63) is 71.5 Å². The summed E-state index contributed by atoms with van der Waals surface area (Å²) in [4.78, 5) is 26.6. The zero-order chi connectivity index (χ0) is 21.7. The molecule has 0 spiro atoms. The molecule has 2 aromatic heterocycles. The number of nitrogens with one attached hydrogen (secondary N) is 1. The van der Waals surface area contributed by atoms with E-state index in [1.807, 2.05) is 24.4 Å². The Morgan fingerprint density at radius 3 is 2.77 bits per heavy atom. The van der Waals surface area contributed by atoms with Gasteiger partial charge in [-0.3, -0.25) is 14.2 Å². The fraction of sp³-hybridized carbons (Fsp3) is 0.190. The number of carbonyl (C=O) groups excluding carboxylic acids is 1. The topological polar surface area (TPSA) is 84.1 Å². The maximum absolute atomic E-state index is 14.5. The normalized spacial score (nSPS) is 12.5. The highest BCUT2D eigenvalue weighted by Crippen LogP contribution is 2.16. The van der Waals surface area contributed by atoms with Crippen molar-refractivity contribution in [1.82, 2.24) is 9.88 Å². The van der Waals surface area contributed by atoms with Crippen LogP contribution in [0, 0.1) is 24.1 Å². The Kier molecular flexibility index (Phi) is 6.95. The summed E-state index contributed by atoms with van der Waals surface area (Å²) in [5.41, 5.74) is 0.215. The summed E-state index contributed by atoms with van der Waals surface area (Å²) in [5.74, 6) is -1.28. The van der Waals surface area contributed by atoms with E-state index in [-0.39, 0.29) is 29.1 Å². The lowest BCUT2D eigenvalue weighted by Gasteiger charge is -2.06. The summed E-state index contributed by atoms with van der Waals surface area (Å²) >= 11 is 2.45. The van der Waals surface area contributed by atoms with Crippen molar-refractivity contribution in [2.24, 2.45) is 0 Å². The fourth-order valence-electron chi connectivity index (χ4n) is 2.70. The van der Waals surface area contributed by atoms with Crippen LogP contribution >= 0.6 is 22.7 Å². The number of halogens is 1. The molecule has 1 aromatic carbocycles. The molecular weight excluding hydrogens is 425 g/mol. The Bertz CT molecular complexity index is 1300. The van der Waals surface area contributed by atoms with Crippen LogP contribution in [0.15, 0.2) is 40.5 Å². The summed E-state index contributed by atoms with van der Waals surface area (Å²) < 4.78 is 20.9. The fourth-order valence-corrected chi connectivity index (χ4v) is 4.71. The minimum atomic E-state index is -0.653. The van der Waals surface area contributed by atoms with E-state index >= 15 is 0 Å². The number of para-hydroxylation sites is 1. The van der Waals surface area contributed by atoms with Crippen molar-refractivity contribution in [1.29, 1.82) is 5.26 Å². The van der Waals surface area contributed by atoms with E-state index in [0.29, 0.717) is 4.53 Å². The zero-order valence-corrected chi connectivity index (χ0v) is 17.9. The molecule has 0 radical (unpaired) electrons. The van der Waals surface area contributed by atoms with Crippen LogP contribution in [0.3, 0.4) is 0 Å². The first-order valence-electron chi connectivity index (χ1n) is 8.92. The number of carbonyl (C=O) groups is 1. The molecule has 0 bridgehead atoms. The van der Waals surface area contributed by atoms with Gasteiger partial charge in [0.2, 0.25) is 0 Å². The molecule has 0 atom stereocenters. The van der Waals surface area contributed by atoms with Gasteiger partial charge in [0.15, 0.2) is 5.57 Å². The second kappa shape index (κ2) is 9.63. The lowest BCUT2D eigenvalue weighted by atomic mass is 10.2. The molecule has 6 nitrogen and oxygen atoms in total. The highest BCUT2D eigenvalue weighted by Gasteiger charge is 2.18. The van der Waals surface area contributed by atoms with Crippen LogP contribution in [0.1, 0.15) is 10.4 Å². The number of nitrogens with zero attached hydrogens (tertiary/aromatic N) is 2. The highest BCUT2D eigenvalue weighted by atomic mass is 32.1. The molecule has 3 rings (SSSR count). The van der Waals surface area contributed by atoms with Crippen LogP contribution in [0.25, 0.3) is 17.3 Å². The molecule has 30 heavy (non-hydrogen) atoms. The minimum Gasteiger partial charge on any atom is -0.383 e. The summed E-state index contributed by atoms with van der Waals surface area (Å²) in [6.07, 6.45) is 1.70. The molecule has 1 amide bonds. The smallest absolute Gasteiger partial charge is 0.273 e. The molecule has 0 fully saturated rings. The molecule has 3 aromatic rings. The molecule has 2 heterocycles. The van der Waals surface area contributed by atoms with Crippen molar-refractivity contribution in [3.8, 4) is 11.8 Å². The van der Waals surface area contributed by atoms with Crippen LogP contribution in [0.2, 0.25) is 0 Å². The first-order chi connectivity index (χ1) is 14.5. The first-order valence-corrected chi connectivity index (χ1v) is 10.6. The second-order valence-corrected chi connectivity index (χ2v) is 8.19. The molecule has 0 aliphatic rings. The van der Waals surface area contributed by atoms with Gasteiger partial charge in [0.1, 0.15) is 16.5 Å². The molecule has 154 valence electrons. The maximum atomic E-state index is 14.5. The quantitative estimate of drug-likeness (QED) is 0.588. The number of aromatic nitrogens is 1. The van der Waals surface area contributed by atoms with Crippen molar-refractivity contribution in [2.75, 3.05) is 20.3 Å². The Labute approximate surface area is 179 Å². The largest absolute Gasteiger partial charge is 0.383 e. The van der Waals surface area contributed by atoms with Gasteiger partial charge in [0.25, 0.3) is 11.5 Å². The van der Waals surface area contributed by atoms with Crippen molar-refractivity contribution >= 4 is 40.2 Å². The van der Waals surface area contributed by atoms with Crippen molar-refractivity contribution in [3.63, 3.8) is 0 Å². The number of ether oxygens (including phenoxy) is 1. The molecular formula is C21H18FN3O3S2. The first kappa shape index (κ1) is 21.6. The lowest BCUT2D eigenvalue weighted by Crippen LogP contribution is -2.35. The van der Waals surface area contributed by atoms with E-state index in [9.17, 15) is 19.2 Å². The number of hydrogen-bond donors (Lipinski definition) is 1. The van der Waals surface area contributed by atoms with E-state index in [0.717, 1.165) is 26.3 Å². The van der Waals surface area contributed by atoms with Crippen LogP contribution < -0.4 is 20.1 Å². The predicted octanol–water partition coefficient (Wildman–Crippen LogP) is 1.67. The van der Waals surface area contributed by atoms with Crippen LogP contribution in [-0.4, -0.2) is 30.7 Å². The summed E-state index contributed by atoms with van der Waals surface area (Å²) in [5, 5.41) is 14.1. The monoisotopic (exact) mass is 443 g/mol. The van der Waals surface area contributed by atoms with E-state index in [4.69, 9.17) is 4.74 Å². The SMILES string of the molecule is COCCNC(=O)/C(C#N)=c1/s/c(=C/c2sccc2C)c(=O)n1-c1ccccc1F. The molecule has 0 unspecified atom stereocenters. The van der Waals surface area contributed by atoms with Crippen LogP contribution in [-0.2, 0) is 9.53 Å². The van der Waals surface area contributed by atoms with Crippen LogP contribution in [0.4, 0.5) is 4.39 Å². The third kappa shape index (κ3) is 4.41. The average molecular weight is 444 g/mol. The Hall–Kier alpha value is -3.06. The van der Waals surface area contributed by atoms with E-state index < -0.39 is 17.3 Å². The Morgan fingerprint density at radius 2 is 2.13 bits per heavy atom. The van der Waals surface area contributed by atoms with Gasteiger partial charge in [0, 0.05) is 18.5 Å². The molecule has 0 saturated carbocycles. The number of rotatable bonds is 6. The number of hydrogen-bond acceptors (Lipinski definition) is 6. The van der Waals surface area contributed by atoms with Crippen molar-refractivity contribution in [2.45, 2.75) is 6.92 Å². The average Bonchev–Trinajstić information content (AvgIpc) is 3.27. The Balaban J connectivity index is 2.33. The molecule has 1 N–H and O–H groups in total. The number of thiophene rings is 1. The van der Waals surface area contributed by atoms with Crippen molar-refractivity contribution < 1.29 is 13.9 Å². The molecule has 9 heteroatoms. The van der Waals surface area contributed by atoms with E-state index in [2.05, 4.69) is 5.32 Å². The zero-order valence-electron chi connectivity index (χ0n) is 16.3. The van der Waals surface area contributed by atoms with Gasteiger partial charge in [-0.25, -0.2) is 4.39 Å². The summed E-state index contributed by atoms with van der Waals surface area (Å²) in [6.45, 7) is 2.39. The molecule has 0 aliphatic carbocycles. The number of nitriles is 1. The van der Waals surface area contributed by atoms with Gasteiger partial charge in [-0.1, -0.05) is 12.1 Å². The van der Waals surface area contributed by atoms with Crippen LogP contribution in [0.5, 0.6) is 0 Å². The predicted molar refractivity (Wildman–Crippen MR) is 116 cm³/mol. The van der Waals surface area contributed by atoms with Gasteiger partial charge in [-0.05, 0) is 42.1 Å². The minimum absolute atomic E-state index is 0.0197. The van der Waals surface area contributed by atoms with Gasteiger partial charge < -0.3 is 10.1 Å². The number of aryl methyl sites for hydroxylation is 1. The summed E-state index contributed by atoms with van der Waals surface area (Å²) in [6, 6.07) is 9.54. The summed E-state index contributed by atoms with van der Waals surface area (Å²) in [7, 11) is 1.49. The second-order valence-electron chi connectivity index (χ2n) is 6.21. The number of methoxy groups -OCH3 is 1. The maximum Gasteiger partial charge on any atom is 0.273 e. The number of amides is 1. The lowest BCUT2D eigenvalue weighted by molar-refractivity contribution is -0.115. The van der Waals surface area contributed by atoms with E-state index in [1.165, 1.54) is 36.6 Å². The van der Waals surface area contributed by atoms with Gasteiger partial charge >= 0.3 is 0 Å². The molecule has 0 aliphatic heterocycles. The third-order valence-corrected chi connectivity index (χ3v) is 6.28. The number of thiazole rings is 1. The Morgan fingerprint density at radius 1 is 1.37 bits per heavy atom. The third-order valence-electron chi connectivity index (χ3n) is 4.23. The standard InChI is InChI=1S/C21H18FN3O3S2/c1-13-7-10-29-17(13)11-18-20(27)25(16-6-4-3-5-15(16)22)21(30-18)14(12-23)19(26)24-8-9-28-2/h3-7,10-11H,8-9H2,1-2H3,(H,24,26)/b18-11+,21-14+. The highest BCUT2D eigenvalue weighted by molar-refractivity contribution is 7.11. The van der Waals surface area contributed by atoms with Gasteiger partial charge in [-0.2, -0.15) is 5.26 Å². The van der Waals surface area contributed by atoms with E-state index in [1.54, 1.807) is 12.1 Å². The molecule has 0 saturated heterocycles.